The van der Waals surface area contributed by atoms with E-state index in [0.29, 0.717) is 35.2 Å². The first-order valence-electron chi connectivity index (χ1n) is 8.51. The standard InChI is InChI=1S/C19H24N2O6S/c1-5-27-16-9-6-14(7-10-16)20-19(22)13-21(28(4,23)24)15-8-11-17(25-2)18(12-15)26-3/h6-12H,5,13H2,1-4H3,(H,20,22). The second-order valence-corrected chi connectivity index (χ2v) is 7.72. The van der Waals surface area contributed by atoms with Gasteiger partial charge in [0.2, 0.25) is 15.9 Å². The summed E-state index contributed by atoms with van der Waals surface area (Å²) < 4.78 is 41.2. The van der Waals surface area contributed by atoms with Gasteiger partial charge in [0.25, 0.3) is 0 Å². The smallest absolute Gasteiger partial charge is 0.245 e. The van der Waals surface area contributed by atoms with Gasteiger partial charge in [0, 0.05) is 11.8 Å². The Morgan fingerprint density at radius 1 is 1.04 bits per heavy atom. The largest absolute Gasteiger partial charge is 0.494 e. The normalized spacial score (nSPS) is 10.9. The summed E-state index contributed by atoms with van der Waals surface area (Å²) in [6, 6.07) is 11.4. The Morgan fingerprint density at radius 2 is 1.68 bits per heavy atom. The number of nitrogens with zero attached hydrogens (tertiary/aromatic N) is 1. The molecule has 0 aliphatic carbocycles. The van der Waals surface area contributed by atoms with Crippen molar-refractivity contribution in [1.29, 1.82) is 0 Å². The summed E-state index contributed by atoms with van der Waals surface area (Å²) in [5, 5.41) is 2.68. The van der Waals surface area contributed by atoms with Gasteiger partial charge in [-0.2, -0.15) is 0 Å². The molecule has 0 bridgehead atoms. The van der Waals surface area contributed by atoms with E-state index in [4.69, 9.17) is 14.2 Å². The molecular weight excluding hydrogens is 384 g/mol. The van der Waals surface area contributed by atoms with Crippen LogP contribution in [0.2, 0.25) is 0 Å². The molecule has 0 radical (unpaired) electrons. The van der Waals surface area contributed by atoms with Crippen molar-refractivity contribution in [3.63, 3.8) is 0 Å². The summed E-state index contributed by atoms with van der Waals surface area (Å²) >= 11 is 0. The number of benzene rings is 2. The molecule has 0 aromatic heterocycles. The zero-order chi connectivity index (χ0) is 20.7. The molecule has 0 heterocycles. The molecule has 0 saturated carbocycles. The second kappa shape index (κ2) is 9.32. The van der Waals surface area contributed by atoms with Crippen molar-refractivity contribution in [1.82, 2.24) is 0 Å². The fourth-order valence-corrected chi connectivity index (χ4v) is 3.36. The maximum Gasteiger partial charge on any atom is 0.245 e. The molecule has 0 atom stereocenters. The summed E-state index contributed by atoms with van der Waals surface area (Å²) in [5.41, 5.74) is 0.830. The minimum atomic E-state index is -3.71. The Kier molecular flexibility index (Phi) is 7.11. The third-order valence-corrected chi connectivity index (χ3v) is 4.93. The van der Waals surface area contributed by atoms with Crippen molar-refractivity contribution in [2.24, 2.45) is 0 Å². The van der Waals surface area contributed by atoms with Gasteiger partial charge in [0.1, 0.15) is 12.3 Å². The Labute approximate surface area is 165 Å². The molecule has 9 heteroatoms. The average molecular weight is 408 g/mol. The molecule has 8 nitrogen and oxygen atoms in total. The number of hydrogen-bond acceptors (Lipinski definition) is 6. The van der Waals surface area contributed by atoms with E-state index in [9.17, 15) is 13.2 Å². The van der Waals surface area contributed by atoms with Gasteiger partial charge in [-0.1, -0.05) is 0 Å². The molecule has 0 aliphatic heterocycles. The minimum Gasteiger partial charge on any atom is -0.494 e. The summed E-state index contributed by atoms with van der Waals surface area (Å²) in [4.78, 5) is 12.4. The average Bonchev–Trinajstić information content (AvgIpc) is 2.66. The Hall–Kier alpha value is -2.94. The lowest BCUT2D eigenvalue weighted by atomic mass is 10.2. The summed E-state index contributed by atoms with van der Waals surface area (Å²) in [7, 11) is -0.776. The first-order valence-corrected chi connectivity index (χ1v) is 10.4. The predicted molar refractivity (Wildman–Crippen MR) is 108 cm³/mol. The van der Waals surface area contributed by atoms with Crippen LogP contribution in [-0.4, -0.2) is 48.0 Å². The van der Waals surface area contributed by atoms with Crippen molar-refractivity contribution in [3.05, 3.63) is 42.5 Å². The molecule has 2 aromatic carbocycles. The van der Waals surface area contributed by atoms with Gasteiger partial charge >= 0.3 is 0 Å². The lowest BCUT2D eigenvalue weighted by Gasteiger charge is -2.23. The van der Waals surface area contributed by atoms with Crippen LogP contribution >= 0.6 is 0 Å². The van der Waals surface area contributed by atoms with Crippen LogP contribution in [0.4, 0.5) is 11.4 Å². The van der Waals surface area contributed by atoms with E-state index in [0.717, 1.165) is 10.6 Å². The van der Waals surface area contributed by atoms with Crippen LogP contribution in [0, 0.1) is 0 Å². The van der Waals surface area contributed by atoms with E-state index in [-0.39, 0.29) is 6.54 Å². The lowest BCUT2D eigenvalue weighted by Crippen LogP contribution is -2.37. The first-order chi connectivity index (χ1) is 13.3. The Morgan fingerprint density at radius 3 is 2.21 bits per heavy atom. The third-order valence-electron chi connectivity index (χ3n) is 3.79. The van der Waals surface area contributed by atoms with Crippen LogP contribution in [-0.2, 0) is 14.8 Å². The van der Waals surface area contributed by atoms with Crippen LogP contribution < -0.4 is 23.8 Å². The summed E-state index contributed by atoms with van der Waals surface area (Å²) in [5.74, 6) is 1.02. The van der Waals surface area contributed by atoms with Crippen LogP contribution in [0.25, 0.3) is 0 Å². The zero-order valence-corrected chi connectivity index (χ0v) is 17.1. The SMILES string of the molecule is CCOc1ccc(NC(=O)CN(c2ccc(OC)c(OC)c2)S(C)(=O)=O)cc1. The number of ether oxygens (including phenoxy) is 3. The van der Waals surface area contributed by atoms with Gasteiger partial charge in [-0.15, -0.1) is 0 Å². The van der Waals surface area contributed by atoms with E-state index in [1.165, 1.54) is 20.3 Å². The number of carbonyl (C=O) groups is 1. The number of anilines is 2. The number of nitrogens with one attached hydrogen (secondary N) is 1. The number of rotatable bonds is 9. The van der Waals surface area contributed by atoms with E-state index in [1.54, 1.807) is 36.4 Å². The minimum absolute atomic E-state index is 0.294. The molecule has 0 aliphatic rings. The quantitative estimate of drug-likeness (QED) is 0.685. The van der Waals surface area contributed by atoms with Crippen LogP contribution in [0.1, 0.15) is 6.92 Å². The van der Waals surface area contributed by atoms with Crippen LogP contribution in [0.15, 0.2) is 42.5 Å². The fraction of sp³-hybridized carbons (Fsp3) is 0.316. The lowest BCUT2D eigenvalue weighted by molar-refractivity contribution is -0.114. The van der Waals surface area contributed by atoms with Crippen molar-refractivity contribution in [3.8, 4) is 17.2 Å². The number of hydrogen-bond donors (Lipinski definition) is 1. The molecule has 1 amide bonds. The summed E-state index contributed by atoms with van der Waals surface area (Å²) in [6.07, 6.45) is 1.04. The molecule has 0 fully saturated rings. The number of sulfonamides is 1. The van der Waals surface area contributed by atoms with Gasteiger partial charge in [-0.05, 0) is 43.3 Å². The molecule has 2 aromatic rings. The monoisotopic (exact) mass is 408 g/mol. The highest BCUT2D eigenvalue weighted by molar-refractivity contribution is 7.92. The fourth-order valence-electron chi connectivity index (χ4n) is 2.51. The second-order valence-electron chi connectivity index (χ2n) is 5.81. The molecular formula is C19H24N2O6S. The highest BCUT2D eigenvalue weighted by Gasteiger charge is 2.22. The van der Waals surface area contributed by atoms with Gasteiger partial charge in [0.15, 0.2) is 11.5 Å². The maximum atomic E-state index is 12.4. The molecule has 152 valence electrons. The Balaban J connectivity index is 2.19. The number of methoxy groups -OCH3 is 2. The molecule has 2 rings (SSSR count). The van der Waals surface area contributed by atoms with E-state index >= 15 is 0 Å². The highest BCUT2D eigenvalue weighted by atomic mass is 32.2. The molecule has 0 unspecified atom stereocenters. The molecule has 0 saturated heterocycles. The predicted octanol–water partition coefficient (Wildman–Crippen LogP) is 2.51. The van der Waals surface area contributed by atoms with E-state index in [1.807, 2.05) is 6.92 Å². The molecule has 0 spiro atoms. The van der Waals surface area contributed by atoms with Gasteiger partial charge < -0.3 is 19.5 Å². The topological polar surface area (TPSA) is 94.2 Å². The van der Waals surface area contributed by atoms with Crippen LogP contribution in [0.5, 0.6) is 17.2 Å². The summed E-state index contributed by atoms with van der Waals surface area (Å²) in [6.45, 7) is 2.03. The van der Waals surface area contributed by atoms with Crippen molar-refractivity contribution in [2.45, 2.75) is 6.92 Å². The van der Waals surface area contributed by atoms with E-state index in [2.05, 4.69) is 5.32 Å². The first kappa shape index (κ1) is 21.4. The van der Waals surface area contributed by atoms with E-state index < -0.39 is 15.9 Å². The number of amides is 1. The van der Waals surface area contributed by atoms with Crippen molar-refractivity contribution >= 4 is 27.3 Å². The zero-order valence-electron chi connectivity index (χ0n) is 16.3. The number of carbonyl (C=O) groups excluding carboxylic acids is 1. The van der Waals surface area contributed by atoms with Gasteiger partial charge in [0.05, 0.1) is 32.8 Å². The molecule has 28 heavy (non-hydrogen) atoms. The van der Waals surface area contributed by atoms with Gasteiger partial charge in [-0.25, -0.2) is 8.42 Å². The highest BCUT2D eigenvalue weighted by Crippen LogP contribution is 2.32. The van der Waals surface area contributed by atoms with Crippen LogP contribution in [0.3, 0.4) is 0 Å². The third kappa shape index (κ3) is 5.53. The van der Waals surface area contributed by atoms with Crippen molar-refractivity contribution in [2.75, 3.05) is 43.2 Å². The van der Waals surface area contributed by atoms with Gasteiger partial charge in [-0.3, -0.25) is 9.10 Å². The van der Waals surface area contributed by atoms with Crippen molar-refractivity contribution < 1.29 is 27.4 Å². The Bertz CT molecular complexity index is 913. The maximum absolute atomic E-state index is 12.4. The molecule has 1 N–H and O–H groups in total.